The van der Waals surface area contributed by atoms with Crippen LogP contribution in [0.1, 0.15) is 45.0 Å². The van der Waals surface area contributed by atoms with Gasteiger partial charge in [-0.1, -0.05) is 18.2 Å². The monoisotopic (exact) mass is 414 g/mol. The van der Waals surface area contributed by atoms with Crippen molar-refractivity contribution in [2.24, 2.45) is 0 Å². The van der Waals surface area contributed by atoms with Crippen LogP contribution in [-0.4, -0.2) is 21.4 Å². The Kier molecular flexibility index (Phi) is 5.66. The zero-order valence-corrected chi connectivity index (χ0v) is 17.2. The molecular formula is C24H22N4O3. The Bertz CT molecular complexity index is 1180. The molecule has 0 unspecified atom stereocenters. The number of hydrogen-bond donors (Lipinski definition) is 2. The third kappa shape index (κ3) is 4.56. The van der Waals surface area contributed by atoms with Crippen molar-refractivity contribution in [2.45, 2.75) is 19.9 Å². The molecule has 31 heavy (non-hydrogen) atoms. The van der Waals surface area contributed by atoms with Crippen LogP contribution in [0.15, 0.2) is 84.0 Å². The molecule has 0 radical (unpaired) electrons. The third-order valence-electron chi connectivity index (χ3n) is 5.04. The number of benzene rings is 2. The summed E-state index contributed by atoms with van der Waals surface area (Å²) in [6, 6.07) is 16.2. The molecule has 0 spiro atoms. The van der Waals surface area contributed by atoms with Crippen LogP contribution in [-0.2, 0) is 0 Å². The lowest BCUT2D eigenvalue weighted by molar-refractivity contribution is 0.0938. The minimum Gasteiger partial charge on any atom is -0.459 e. The first kappa shape index (κ1) is 20.2. The van der Waals surface area contributed by atoms with Crippen molar-refractivity contribution in [3.8, 4) is 5.69 Å². The summed E-state index contributed by atoms with van der Waals surface area (Å²) >= 11 is 0. The Morgan fingerprint density at radius 3 is 2.55 bits per heavy atom. The number of furan rings is 1. The highest BCUT2D eigenvalue weighted by Gasteiger charge is 2.15. The van der Waals surface area contributed by atoms with Crippen LogP contribution in [0.2, 0.25) is 0 Å². The van der Waals surface area contributed by atoms with E-state index < -0.39 is 0 Å². The lowest BCUT2D eigenvalue weighted by atomic mass is 10.1. The molecule has 7 nitrogen and oxygen atoms in total. The highest BCUT2D eigenvalue weighted by Crippen LogP contribution is 2.20. The van der Waals surface area contributed by atoms with E-state index in [1.807, 2.05) is 48.9 Å². The number of amides is 2. The maximum Gasteiger partial charge on any atom is 0.291 e. The van der Waals surface area contributed by atoms with Gasteiger partial charge in [-0.25, -0.2) is 4.98 Å². The molecule has 156 valence electrons. The first-order valence-corrected chi connectivity index (χ1v) is 9.86. The van der Waals surface area contributed by atoms with Gasteiger partial charge in [0.2, 0.25) is 0 Å². The summed E-state index contributed by atoms with van der Waals surface area (Å²) in [6.45, 7) is 3.79. The summed E-state index contributed by atoms with van der Waals surface area (Å²) in [5, 5.41) is 5.80. The second-order valence-corrected chi connectivity index (χ2v) is 7.22. The lowest BCUT2D eigenvalue weighted by Gasteiger charge is -2.16. The second-order valence-electron chi connectivity index (χ2n) is 7.22. The maximum absolute atomic E-state index is 12.8. The molecule has 0 aliphatic rings. The molecule has 2 amide bonds. The molecule has 0 bridgehead atoms. The van der Waals surface area contributed by atoms with Gasteiger partial charge < -0.3 is 19.6 Å². The van der Waals surface area contributed by atoms with Crippen LogP contribution in [0.25, 0.3) is 5.69 Å². The minimum atomic E-state index is -0.364. The summed E-state index contributed by atoms with van der Waals surface area (Å²) < 4.78 is 7.04. The van der Waals surface area contributed by atoms with Gasteiger partial charge in [-0.2, -0.15) is 0 Å². The number of carbonyl (C=O) groups excluding carboxylic acids is 2. The van der Waals surface area contributed by atoms with Crippen molar-refractivity contribution in [3.05, 3.63) is 102 Å². The van der Waals surface area contributed by atoms with E-state index in [1.165, 1.54) is 6.26 Å². The van der Waals surface area contributed by atoms with Crippen LogP contribution in [0, 0.1) is 6.92 Å². The number of aryl methyl sites for hydroxylation is 1. The molecule has 0 fully saturated rings. The van der Waals surface area contributed by atoms with E-state index in [9.17, 15) is 9.59 Å². The molecule has 1 atom stereocenters. The highest BCUT2D eigenvalue weighted by molar-refractivity contribution is 6.04. The third-order valence-corrected chi connectivity index (χ3v) is 5.04. The van der Waals surface area contributed by atoms with Gasteiger partial charge in [-0.15, -0.1) is 0 Å². The number of carbonyl (C=O) groups is 2. The summed E-state index contributed by atoms with van der Waals surface area (Å²) in [7, 11) is 0. The molecule has 0 aliphatic heterocycles. The largest absolute Gasteiger partial charge is 0.459 e. The second kappa shape index (κ2) is 8.71. The van der Waals surface area contributed by atoms with Crippen molar-refractivity contribution >= 4 is 17.5 Å². The standard InChI is InChI=1S/C24H22N4O3/c1-16-5-6-19(14-21(16)27-24(30)22-4-3-13-31-22)23(29)26-17(2)18-7-9-20(10-8-18)28-12-11-25-15-28/h3-15,17H,1-2H3,(H,26,29)(H,27,30)/t17-/m1/s1. The Hall–Kier alpha value is -4.13. The van der Waals surface area contributed by atoms with Crippen LogP contribution in [0.5, 0.6) is 0 Å². The number of anilines is 1. The number of aromatic nitrogens is 2. The first-order chi connectivity index (χ1) is 15.0. The number of hydrogen-bond acceptors (Lipinski definition) is 4. The van der Waals surface area contributed by atoms with Gasteiger partial charge in [-0.05, 0) is 61.4 Å². The Morgan fingerprint density at radius 1 is 1.06 bits per heavy atom. The molecular weight excluding hydrogens is 392 g/mol. The van der Waals surface area contributed by atoms with Crippen molar-refractivity contribution in [2.75, 3.05) is 5.32 Å². The molecule has 2 heterocycles. The van der Waals surface area contributed by atoms with Gasteiger partial charge in [0.15, 0.2) is 5.76 Å². The van der Waals surface area contributed by atoms with E-state index in [4.69, 9.17) is 4.42 Å². The molecule has 0 aliphatic carbocycles. The van der Waals surface area contributed by atoms with E-state index >= 15 is 0 Å². The highest BCUT2D eigenvalue weighted by atomic mass is 16.3. The lowest BCUT2D eigenvalue weighted by Crippen LogP contribution is -2.26. The van der Waals surface area contributed by atoms with Gasteiger partial charge in [-0.3, -0.25) is 9.59 Å². The fourth-order valence-electron chi connectivity index (χ4n) is 3.20. The molecule has 4 aromatic rings. The first-order valence-electron chi connectivity index (χ1n) is 9.86. The van der Waals surface area contributed by atoms with Crippen molar-refractivity contribution in [3.63, 3.8) is 0 Å². The van der Waals surface area contributed by atoms with Gasteiger partial charge in [0.1, 0.15) is 0 Å². The molecule has 2 aromatic carbocycles. The average molecular weight is 414 g/mol. The van der Waals surface area contributed by atoms with Gasteiger partial charge in [0.25, 0.3) is 11.8 Å². The van der Waals surface area contributed by atoms with Gasteiger partial charge in [0.05, 0.1) is 18.6 Å². The molecule has 0 saturated carbocycles. The summed E-state index contributed by atoms with van der Waals surface area (Å²) in [5.74, 6) is -0.376. The summed E-state index contributed by atoms with van der Waals surface area (Å²) in [4.78, 5) is 29.1. The number of rotatable bonds is 6. The number of imidazole rings is 1. The number of nitrogens with one attached hydrogen (secondary N) is 2. The predicted octanol–water partition coefficient (Wildman–Crippen LogP) is 4.52. The molecule has 2 aromatic heterocycles. The molecule has 4 rings (SSSR count). The fraction of sp³-hybridized carbons (Fsp3) is 0.125. The van der Waals surface area contributed by atoms with E-state index in [1.54, 1.807) is 42.9 Å². The van der Waals surface area contributed by atoms with Crippen LogP contribution >= 0.6 is 0 Å². The van der Waals surface area contributed by atoms with Crippen LogP contribution in [0.3, 0.4) is 0 Å². The zero-order valence-electron chi connectivity index (χ0n) is 17.2. The van der Waals surface area contributed by atoms with E-state index in [0.717, 1.165) is 16.8 Å². The van der Waals surface area contributed by atoms with E-state index in [0.29, 0.717) is 11.3 Å². The summed E-state index contributed by atoms with van der Waals surface area (Å²) in [6.07, 6.45) is 6.78. The fourth-order valence-corrected chi connectivity index (χ4v) is 3.20. The molecule has 2 N–H and O–H groups in total. The molecule has 7 heteroatoms. The van der Waals surface area contributed by atoms with Crippen molar-refractivity contribution < 1.29 is 14.0 Å². The van der Waals surface area contributed by atoms with Crippen LogP contribution in [0.4, 0.5) is 5.69 Å². The Labute approximate surface area is 179 Å². The smallest absolute Gasteiger partial charge is 0.291 e. The minimum absolute atomic E-state index is 0.188. The summed E-state index contributed by atoms with van der Waals surface area (Å²) in [5.41, 5.74) is 3.85. The SMILES string of the molecule is Cc1ccc(C(=O)N[C@H](C)c2ccc(-n3ccnc3)cc2)cc1NC(=O)c1ccco1. The van der Waals surface area contributed by atoms with Gasteiger partial charge in [0, 0.05) is 29.3 Å². The maximum atomic E-state index is 12.8. The predicted molar refractivity (Wildman–Crippen MR) is 117 cm³/mol. The molecule has 0 saturated heterocycles. The van der Waals surface area contributed by atoms with Gasteiger partial charge >= 0.3 is 0 Å². The normalized spacial score (nSPS) is 11.7. The zero-order chi connectivity index (χ0) is 21.8. The Balaban J connectivity index is 1.45. The van der Waals surface area contributed by atoms with Crippen molar-refractivity contribution in [1.82, 2.24) is 14.9 Å². The quantitative estimate of drug-likeness (QED) is 0.486. The van der Waals surface area contributed by atoms with Crippen LogP contribution < -0.4 is 10.6 Å². The topological polar surface area (TPSA) is 89.2 Å². The van der Waals surface area contributed by atoms with E-state index in [-0.39, 0.29) is 23.6 Å². The number of nitrogens with zero attached hydrogens (tertiary/aromatic N) is 2. The Morgan fingerprint density at radius 2 is 1.87 bits per heavy atom. The van der Waals surface area contributed by atoms with Crippen molar-refractivity contribution in [1.29, 1.82) is 0 Å². The average Bonchev–Trinajstić information content (AvgIpc) is 3.50. The van der Waals surface area contributed by atoms with E-state index in [2.05, 4.69) is 15.6 Å².